The lowest BCUT2D eigenvalue weighted by Gasteiger charge is -2.37. The highest BCUT2D eigenvalue weighted by Gasteiger charge is 2.34. The molecule has 0 bridgehead atoms. The van der Waals surface area contributed by atoms with Gasteiger partial charge in [0.25, 0.3) is 11.6 Å². The van der Waals surface area contributed by atoms with Crippen molar-refractivity contribution in [3.8, 4) is 5.75 Å². The maximum absolute atomic E-state index is 12.7. The van der Waals surface area contributed by atoms with Gasteiger partial charge in [-0.3, -0.25) is 14.9 Å². The number of ether oxygens (including phenoxy) is 1. The first-order valence-electron chi connectivity index (χ1n) is 7.79. The van der Waals surface area contributed by atoms with Crippen molar-refractivity contribution in [2.75, 3.05) is 0 Å². The normalized spacial score (nSPS) is 18.0. The summed E-state index contributed by atoms with van der Waals surface area (Å²) in [6, 6.07) is 11.0. The van der Waals surface area contributed by atoms with Crippen molar-refractivity contribution in [3.63, 3.8) is 0 Å². The Hall–Kier alpha value is -2.60. The number of para-hydroxylation sites is 1. The summed E-state index contributed by atoms with van der Waals surface area (Å²) in [5.41, 5.74) is 0.329. The topological polar surface area (TPSA) is 81.5 Å². The number of halogens is 1. The van der Waals surface area contributed by atoms with Gasteiger partial charge in [0, 0.05) is 24.1 Å². The molecule has 2 aromatic carbocycles. The predicted molar refractivity (Wildman–Crippen MR) is 94.1 cm³/mol. The molecule has 1 aliphatic rings. The Bertz CT molecular complexity index is 851. The van der Waals surface area contributed by atoms with E-state index in [0.717, 1.165) is 5.56 Å². The molecular formula is C18H17ClN2O4. The van der Waals surface area contributed by atoms with Gasteiger partial charge in [-0.25, -0.2) is 0 Å². The molecule has 0 aliphatic carbocycles. The smallest absolute Gasteiger partial charge is 0.270 e. The molecule has 1 heterocycles. The van der Waals surface area contributed by atoms with Crippen molar-refractivity contribution >= 4 is 23.2 Å². The number of nitrogens with one attached hydrogen (secondary N) is 1. The van der Waals surface area contributed by atoms with Crippen LogP contribution in [0.5, 0.6) is 5.75 Å². The lowest BCUT2D eigenvalue weighted by molar-refractivity contribution is -0.384. The molecule has 0 saturated carbocycles. The van der Waals surface area contributed by atoms with E-state index >= 15 is 0 Å². The van der Waals surface area contributed by atoms with E-state index in [1.165, 1.54) is 18.2 Å². The lowest BCUT2D eigenvalue weighted by Crippen LogP contribution is -2.41. The first-order chi connectivity index (χ1) is 11.8. The molecule has 0 unspecified atom stereocenters. The van der Waals surface area contributed by atoms with Crippen LogP contribution in [0.3, 0.4) is 0 Å². The van der Waals surface area contributed by atoms with Crippen molar-refractivity contribution < 1.29 is 14.5 Å². The van der Waals surface area contributed by atoms with E-state index in [1.54, 1.807) is 0 Å². The van der Waals surface area contributed by atoms with E-state index in [1.807, 2.05) is 38.1 Å². The van der Waals surface area contributed by atoms with E-state index < -0.39 is 16.4 Å². The van der Waals surface area contributed by atoms with Crippen LogP contribution in [0.1, 0.15) is 42.2 Å². The Balaban J connectivity index is 1.91. The van der Waals surface area contributed by atoms with Crippen LogP contribution in [0.2, 0.25) is 5.02 Å². The van der Waals surface area contributed by atoms with Gasteiger partial charge in [-0.15, -0.1) is 0 Å². The average Bonchev–Trinajstić information content (AvgIpc) is 2.53. The van der Waals surface area contributed by atoms with Crippen LogP contribution >= 0.6 is 11.6 Å². The van der Waals surface area contributed by atoms with Crippen molar-refractivity contribution in [1.82, 2.24) is 5.32 Å². The van der Waals surface area contributed by atoms with Crippen molar-refractivity contribution in [2.45, 2.75) is 31.9 Å². The van der Waals surface area contributed by atoms with Gasteiger partial charge in [-0.05, 0) is 26.0 Å². The maximum atomic E-state index is 12.7. The lowest BCUT2D eigenvalue weighted by atomic mass is 9.89. The maximum Gasteiger partial charge on any atom is 0.270 e. The standard InChI is InChI=1S/C18H17ClN2O4/c1-18(2)10-15(12-5-3-4-6-16(12)25-18)20-17(22)13-9-11(21(23)24)7-8-14(13)19/h3-9,15H,10H2,1-2H3,(H,20,22)/t15-/m0/s1. The zero-order valence-electron chi connectivity index (χ0n) is 13.8. The SMILES string of the molecule is CC1(C)C[C@H](NC(=O)c2cc([N+](=O)[O-])ccc2Cl)c2ccccc2O1. The van der Waals surface area contributed by atoms with E-state index in [2.05, 4.69) is 5.32 Å². The van der Waals surface area contributed by atoms with Gasteiger partial charge in [0.2, 0.25) is 0 Å². The number of fused-ring (bicyclic) bond motifs is 1. The number of non-ortho nitro benzene ring substituents is 1. The highest BCUT2D eigenvalue weighted by molar-refractivity contribution is 6.34. The minimum atomic E-state index is -0.556. The molecule has 3 rings (SSSR count). The van der Waals surface area contributed by atoms with Crippen molar-refractivity contribution in [1.29, 1.82) is 0 Å². The van der Waals surface area contributed by atoms with Crippen LogP contribution in [-0.2, 0) is 0 Å². The molecule has 1 aliphatic heterocycles. The van der Waals surface area contributed by atoms with E-state index in [0.29, 0.717) is 12.2 Å². The fourth-order valence-electron chi connectivity index (χ4n) is 2.97. The summed E-state index contributed by atoms with van der Waals surface area (Å²) < 4.78 is 5.94. The second-order valence-electron chi connectivity index (χ2n) is 6.55. The van der Waals surface area contributed by atoms with Crippen molar-refractivity contribution in [3.05, 3.63) is 68.7 Å². The van der Waals surface area contributed by atoms with E-state index in [-0.39, 0.29) is 22.3 Å². The predicted octanol–water partition coefficient (Wildman–Crippen LogP) is 4.28. The summed E-state index contributed by atoms with van der Waals surface area (Å²) in [6.07, 6.45) is 0.572. The Kier molecular flexibility index (Phi) is 4.39. The van der Waals surface area contributed by atoms with E-state index in [4.69, 9.17) is 16.3 Å². The van der Waals surface area contributed by atoms with Crippen LogP contribution in [0.15, 0.2) is 42.5 Å². The molecule has 0 aromatic heterocycles. The number of nitro benzene ring substituents is 1. The summed E-state index contributed by atoms with van der Waals surface area (Å²) in [5.74, 6) is 0.264. The number of amides is 1. The number of carbonyl (C=O) groups is 1. The summed E-state index contributed by atoms with van der Waals surface area (Å²) in [7, 11) is 0. The Morgan fingerprint density at radius 2 is 2.04 bits per heavy atom. The number of hydrogen-bond acceptors (Lipinski definition) is 4. The minimum absolute atomic E-state index is 0.0812. The molecule has 0 spiro atoms. The molecule has 130 valence electrons. The number of rotatable bonds is 3. The number of carbonyl (C=O) groups excluding carboxylic acids is 1. The molecule has 0 radical (unpaired) electrons. The third-order valence-corrected chi connectivity index (χ3v) is 4.42. The Morgan fingerprint density at radius 3 is 2.76 bits per heavy atom. The van der Waals surface area contributed by atoms with Gasteiger partial charge in [0.05, 0.1) is 21.6 Å². The zero-order valence-corrected chi connectivity index (χ0v) is 14.5. The van der Waals surface area contributed by atoms with Gasteiger partial charge in [0.1, 0.15) is 11.4 Å². The largest absolute Gasteiger partial charge is 0.487 e. The van der Waals surface area contributed by atoms with Gasteiger partial charge < -0.3 is 10.1 Å². The number of benzene rings is 2. The highest BCUT2D eigenvalue weighted by Crippen LogP contribution is 2.39. The number of nitro groups is 1. The van der Waals surface area contributed by atoms with Crippen LogP contribution in [-0.4, -0.2) is 16.4 Å². The average molecular weight is 361 g/mol. The van der Waals surface area contributed by atoms with Crippen molar-refractivity contribution in [2.24, 2.45) is 0 Å². The molecule has 0 saturated heterocycles. The summed E-state index contributed by atoms with van der Waals surface area (Å²) in [5, 5.41) is 14.0. The number of hydrogen-bond donors (Lipinski definition) is 1. The first-order valence-corrected chi connectivity index (χ1v) is 8.17. The molecule has 1 atom stereocenters. The molecule has 2 aromatic rings. The molecule has 25 heavy (non-hydrogen) atoms. The van der Waals surface area contributed by atoms with Gasteiger partial charge in [0.15, 0.2) is 0 Å². The highest BCUT2D eigenvalue weighted by atomic mass is 35.5. The fraction of sp³-hybridized carbons (Fsp3) is 0.278. The fourth-order valence-corrected chi connectivity index (χ4v) is 3.17. The third kappa shape index (κ3) is 3.58. The molecule has 1 N–H and O–H groups in total. The Morgan fingerprint density at radius 1 is 1.32 bits per heavy atom. The third-order valence-electron chi connectivity index (χ3n) is 4.09. The first kappa shape index (κ1) is 17.2. The quantitative estimate of drug-likeness (QED) is 0.654. The number of nitrogens with zero attached hydrogens (tertiary/aromatic N) is 1. The summed E-state index contributed by atoms with van der Waals surface area (Å²) in [4.78, 5) is 23.1. The van der Waals surface area contributed by atoms with Gasteiger partial charge >= 0.3 is 0 Å². The van der Waals surface area contributed by atoms with Crippen LogP contribution in [0, 0.1) is 10.1 Å². The second kappa shape index (κ2) is 6.37. The monoisotopic (exact) mass is 360 g/mol. The Labute approximate surface area is 149 Å². The van der Waals surface area contributed by atoms with Crippen LogP contribution in [0.25, 0.3) is 0 Å². The van der Waals surface area contributed by atoms with Gasteiger partial charge in [-0.1, -0.05) is 29.8 Å². The molecule has 0 fully saturated rings. The van der Waals surface area contributed by atoms with E-state index in [9.17, 15) is 14.9 Å². The molecule has 1 amide bonds. The zero-order chi connectivity index (χ0) is 18.2. The minimum Gasteiger partial charge on any atom is -0.487 e. The summed E-state index contributed by atoms with van der Waals surface area (Å²) >= 11 is 6.06. The molecule has 6 nitrogen and oxygen atoms in total. The van der Waals surface area contributed by atoms with Gasteiger partial charge in [-0.2, -0.15) is 0 Å². The molecule has 7 heteroatoms. The van der Waals surface area contributed by atoms with Crippen LogP contribution in [0.4, 0.5) is 5.69 Å². The second-order valence-corrected chi connectivity index (χ2v) is 6.96. The summed E-state index contributed by atoms with van der Waals surface area (Å²) in [6.45, 7) is 3.89. The molecular weight excluding hydrogens is 344 g/mol. The van der Waals surface area contributed by atoms with Crippen LogP contribution < -0.4 is 10.1 Å².